The third-order valence-corrected chi connectivity index (χ3v) is 4.74. The molecular formula is C20H25N5O2. The van der Waals surface area contributed by atoms with Gasteiger partial charge < -0.3 is 4.90 Å². The molecule has 7 nitrogen and oxygen atoms in total. The van der Waals surface area contributed by atoms with E-state index in [0.29, 0.717) is 17.8 Å². The number of carbonyl (C=O) groups excluding carboxylic acids is 1. The molecule has 0 atom stereocenters. The third-order valence-electron chi connectivity index (χ3n) is 4.74. The number of rotatable bonds is 6. The molecule has 0 saturated heterocycles. The highest BCUT2D eigenvalue weighted by Gasteiger charge is 2.19. The monoisotopic (exact) mass is 367 g/mol. The van der Waals surface area contributed by atoms with Crippen molar-refractivity contribution >= 4 is 16.8 Å². The molecule has 2 aromatic heterocycles. The predicted molar refractivity (Wildman–Crippen MR) is 105 cm³/mol. The van der Waals surface area contributed by atoms with Gasteiger partial charge in [-0.15, -0.1) is 0 Å². The third kappa shape index (κ3) is 3.63. The van der Waals surface area contributed by atoms with Crippen LogP contribution in [0.1, 0.15) is 31.2 Å². The summed E-state index contributed by atoms with van der Waals surface area (Å²) in [7, 11) is 1.75. The molecule has 0 N–H and O–H groups in total. The summed E-state index contributed by atoms with van der Waals surface area (Å²) in [5.74, 6) is -0.129. The predicted octanol–water partition coefficient (Wildman–Crippen LogP) is 2.46. The van der Waals surface area contributed by atoms with Crippen LogP contribution in [0.15, 0.2) is 35.1 Å². The minimum Gasteiger partial charge on any atom is -0.344 e. The lowest BCUT2D eigenvalue weighted by Gasteiger charge is -2.17. The van der Waals surface area contributed by atoms with Gasteiger partial charge in [0.2, 0.25) is 5.91 Å². The van der Waals surface area contributed by atoms with Crippen molar-refractivity contribution < 1.29 is 4.79 Å². The average molecular weight is 367 g/mol. The molecule has 1 amide bonds. The Hall–Kier alpha value is -2.96. The second-order valence-electron chi connectivity index (χ2n) is 6.77. The van der Waals surface area contributed by atoms with Crippen LogP contribution < -0.4 is 5.56 Å². The fraction of sp³-hybridized carbons (Fsp3) is 0.400. The number of carbonyl (C=O) groups is 1. The number of aromatic nitrogens is 4. The minimum absolute atomic E-state index is 0.0763. The van der Waals surface area contributed by atoms with Crippen LogP contribution in [-0.4, -0.2) is 44.0 Å². The van der Waals surface area contributed by atoms with Crippen LogP contribution in [0.25, 0.3) is 16.6 Å². The molecule has 0 saturated carbocycles. The average Bonchev–Trinajstić information content (AvgIpc) is 3.02. The van der Waals surface area contributed by atoms with Crippen LogP contribution in [0.3, 0.4) is 0 Å². The van der Waals surface area contributed by atoms with Crippen LogP contribution in [0, 0.1) is 13.8 Å². The van der Waals surface area contributed by atoms with E-state index in [4.69, 9.17) is 0 Å². The number of aryl methyl sites for hydroxylation is 2. The number of benzene rings is 1. The summed E-state index contributed by atoms with van der Waals surface area (Å²) in [5.41, 5.74) is 2.43. The number of fused-ring (bicyclic) bond motifs is 1. The van der Waals surface area contributed by atoms with E-state index in [2.05, 4.69) is 17.1 Å². The van der Waals surface area contributed by atoms with Crippen molar-refractivity contribution in [2.24, 2.45) is 0 Å². The van der Waals surface area contributed by atoms with E-state index in [-0.39, 0.29) is 18.0 Å². The number of amides is 1. The zero-order valence-electron chi connectivity index (χ0n) is 16.3. The van der Waals surface area contributed by atoms with Gasteiger partial charge in [0.25, 0.3) is 5.56 Å². The molecule has 0 aliphatic rings. The first-order chi connectivity index (χ1) is 12.9. The van der Waals surface area contributed by atoms with Crippen molar-refractivity contribution in [1.82, 2.24) is 24.5 Å². The second kappa shape index (κ2) is 7.73. The SMILES string of the molecule is CCCCN(C)C(=O)Cn1nc(C)c2c(C)n(-c3ccccc3)nc2c1=O. The van der Waals surface area contributed by atoms with Crippen molar-refractivity contribution in [2.45, 2.75) is 40.2 Å². The molecule has 0 fully saturated rings. The Morgan fingerprint density at radius 1 is 1.15 bits per heavy atom. The first-order valence-corrected chi connectivity index (χ1v) is 9.20. The molecule has 2 heterocycles. The highest BCUT2D eigenvalue weighted by atomic mass is 16.2. The molecule has 0 unspecified atom stereocenters. The second-order valence-corrected chi connectivity index (χ2v) is 6.77. The summed E-state index contributed by atoms with van der Waals surface area (Å²) >= 11 is 0. The highest BCUT2D eigenvalue weighted by Crippen LogP contribution is 2.20. The fourth-order valence-electron chi connectivity index (χ4n) is 3.18. The molecule has 0 radical (unpaired) electrons. The van der Waals surface area contributed by atoms with E-state index in [1.165, 1.54) is 4.68 Å². The summed E-state index contributed by atoms with van der Waals surface area (Å²) < 4.78 is 2.98. The molecule has 0 bridgehead atoms. The summed E-state index contributed by atoms with van der Waals surface area (Å²) in [6.07, 6.45) is 1.94. The number of hydrogen-bond acceptors (Lipinski definition) is 4. The van der Waals surface area contributed by atoms with Crippen LogP contribution in [-0.2, 0) is 11.3 Å². The van der Waals surface area contributed by atoms with E-state index in [1.807, 2.05) is 44.2 Å². The van der Waals surface area contributed by atoms with Crippen LogP contribution in [0.4, 0.5) is 0 Å². The van der Waals surface area contributed by atoms with E-state index in [0.717, 1.165) is 29.6 Å². The van der Waals surface area contributed by atoms with E-state index in [9.17, 15) is 9.59 Å². The molecule has 7 heteroatoms. The quantitative estimate of drug-likeness (QED) is 0.671. The van der Waals surface area contributed by atoms with E-state index in [1.54, 1.807) is 16.6 Å². The number of nitrogens with zero attached hydrogens (tertiary/aromatic N) is 5. The van der Waals surface area contributed by atoms with Gasteiger partial charge in [-0.3, -0.25) is 9.59 Å². The smallest absolute Gasteiger partial charge is 0.295 e. The van der Waals surface area contributed by atoms with Crippen LogP contribution in [0.5, 0.6) is 0 Å². The lowest BCUT2D eigenvalue weighted by atomic mass is 10.2. The van der Waals surface area contributed by atoms with Gasteiger partial charge in [0.15, 0.2) is 5.52 Å². The Balaban J connectivity index is 2.02. The summed E-state index contributed by atoms with van der Waals surface area (Å²) in [4.78, 5) is 27.0. The summed E-state index contributed by atoms with van der Waals surface area (Å²) in [5, 5.41) is 9.64. The van der Waals surface area contributed by atoms with E-state index < -0.39 is 0 Å². The molecule has 3 rings (SSSR count). The topological polar surface area (TPSA) is 73.0 Å². The van der Waals surface area contributed by atoms with Crippen LogP contribution in [0.2, 0.25) is 0 Å². The Bertz CT molecular complexity index is 1020. The zero-order valence-corrected chi connectivity index (χ0v) is 16.3. The Morgan fingerprint density at radius 2 is 1.85 bits per heavy atom. The normalized spacial score (nSPS) is 11.1. The summed E-state index contributed by atoms with van der Waals surface area (Å²) in [6.45, 7) is 6.44. The van der Waals surface area contributed by atoms with E-state index >= 15 is 0 Å². The van der Waals surface area contributed by atoms with Crippen LogP contribution >= 0.6 is 0 Å². The number of hydrogen-bond donors (Lipinski definition) is 0. The lowest BCUT2D eigenvalue weighted by molar-refractivity contribution is -0.130. The van der Waals surface area contributed by atoms with Gasteiger partial charge in [0, 0.05) is 13.6 Å². The Kier molecular flexibility index (Phi) is 5.39. The highest BCUT2D eigenvalue weighted by molar-refractivity contribution is 5.83. The molecule has 142 valence electrons. The standard InChI is InChI=1S/C20H25N5O2/c1-5-6-12-23(4)17(26)13-24-20(27)19-18(14(2)21-24)15(3)25(22-19)16-10-8-7-9-11-16/h7-11H,5-6,12-13H2,1-4H3. The van der Waals surface area contributed by atoms with Crippen molar-refractivity contribution in [3.63, 3.8) is 0 Å². The Morgan fingerprint density at radius 3 is 2.52 bits per heavy atom. The molecule has 3 aromatic rings. The van der Waals surface area contributed by atoms with Gasteiger partial charge in [-0.05, 0) is 32.4 Å². The van der Waals surface area contributed by atoms with Gasteiger partial charge in [0.05, 0.1) is 22.5 Å². The zero-order chi connectivity index (χ0) is 19.6. The molecule has 0 aliphatic carbocycles. The molecule has 1 aromatic carbocycles. The first-order valence-electron chi connectivity index (χ1n) is 9.20. The number of para-hydroxylation sites is 1. The maximum Gasteiger partial charge on any atom is 0.295 e. The van der Waals surface area contributed by atoms with Gasteiger partial charge >= 0.3 is 0 Å². The van der Waals surface area contributed by atoms with Crippen molar-refractivity contribution in [2.75, 3.05) is 13.6 Å². The van der Waals surface area contributed by atoms with Crippen molar-refractivity contribution in [1.29, 1.82) is 0 Å². The van der Waals surface area contributed by atoms with Gasteiger partial charge in [0.1, 0.15) is 6.54 Å². The first kappa shape index (κ1) is 18.8. The lowest BCUT2D eigenvalue weighted by Crippen LogP contribution is -2.36. The van der Waals surface area contributed by atoms with Crippen molar-refractivity contribution in [3.8, 4) is 5.69 Å². The summed E-state index contributed by atoms with van der Waals surface area (Å²) in [6, 6.07) is 9.66. The van der Waals surface area contributed by atoms with Gasteiger partial charge in [-0.2, -0.15) is 10.2 Å². The molecule has 0 spiro atoms. The largest absolute Gasteiger partial charge is 0.344 e. The molecular weight excluding hydrogens is 342 g/mol. The molecule has 27 heavy (non-hydrogen) atoms. The van der Waals surface area contributed by atoms with Gasteiger partial charge in [-0.1, -0.05) is 31.5 Å². The maximum absolute atomic E-state index is 12.9. The maximum atomic E-state index is 12.9. The van der Waals surface area contributed by atoms with Gasteiger partial charge in [-0.25, -0.2) is 9.36 Å². The minimum atomic E-state index is -0.342. The van der Waals surface area contributed by atoms with Crippen molar-refractivity contribution in [3.05, 3.63) is 52.1 Å². The number of unbranched alkanes of at least 4 members (excludes halogenated alkanes) is 1. The fourth-order valence-corrected chi connectivity index (χ4v) is 3.18. The Labute approximate surface area is 158 Å². The molecule has 0 aliphatic heterocycles. The number of likely N-dealkylation sites (N-methyl/N-ethyl adjacent to an activating group) is 1.